The highest BCUT2D eigenvalue weighted by molar-refractivity contribution is 9.10. The number of benzene rings is 12. The van der Waals surface area contributed by atoms with Gasteiger partial charge in [-0.15, -0.1) is 24.4 Å². The molecule has 0 unspecified atom stereocenters. The van der Waals surface area contributed by atoms with Gasteiger partial charge in [0.05, 0.1) is 0 Å². The minimum atomic E-state index is 0. The second-order valence-electron chi connectivity index (χ2n) is 20.5. The molecule has 0 amide bonds. The number of nitrogens with zero attached hydrogens (tertiary/aromatic N) is 7. The summed E-state index contributed by atoms with van der Waals surface area (Å²) in [5.41, 5.74) is 15.6. The fraction of sp³-hybridized carbons (Fsp3) is 0.0130. The van der Waals surface area contributed by atoms with Crippen LogP contribution in [-0.2, 0) is 49.3 Å². The highest BCUT2D eigenvalue weighted by Gasteiger charge is 2.18. The summed E-state index contributed by atoms with van der Waals surface area (Å²) in [6.07, 6.45) is 0. The standard InChI is InChI=1S/C38H28N4O.C24H20N2.C14H9BrN2O.CH4.BrHO11/c1-5-13-29(14-6-1)37-39-40-38(43-37)30-21-23-34(24-22-30)42(33-19-11-4-12-20-33)36-27-25-35(26-28-36)41(31-15-7-2-8-16-31)32-17-9-3-10-18-32;1-4-10-20(11-5-1)25-21-16-18-24(19-17-21)26(22-12-6-2-7-13-22)23-14-8-3-9-15-23;15-12-8-6-11(7-9-12)14-17-16-13(18-14)10-4-2-1-3-5-10;;1-3-5-7-9-11-12-10-8-6-4-2/h1-28H;1-19,25H;1-9H;1H4;2H. The van der Waals surface area contributed by atoms with Gasteiger partial charge < -0.3 is 28.9 Å². The van der Waals surface area contributed by atoms with Gasteiger partial charge in [-0.05, 0) is 239 Å². The van der Waals surface area contributed by atoms with Gasteiger partial charge in [0.15, 0.2) is 0 Å². The molecule has 2 N–H and O–H groups in total. The molecule has 0 fully saturated rings. The van der Waals surface area contributed by atoms with E-state index in [2.05, 4.69) is 316 Å². The fourth-order valence-electron chi connectivity index (χ4n) is 9.87. The van der Waals surface area contributed by atoms with Gasteiger partial charge >= 0.3 is 0 Å². The Morgan fingerprint density at radius 1 is 0.270 bits per heavy atom. The van der Waals surface area contributed by atoms with Crippen LogP contribution in [0.4, 0.5) is 62.6 Å². The van der Waals surface area contributed by atoms with Crippen LogP contribution in [0.15, 0.2) is 353 Å². The van der Waals surface area contributed by atoms with Crippen LogP contribution in [0.3, 0.4) is 0 Å². The lowest BCUT2D eigenvalue weighted by molar-refractivity contribution is -0.851. The predicted molar refractivity (Wildman–Crippen MR) is 387 cm³/mol. The number of aromatic nitrogens is 4. The first-order valence-corrected chi connectivity index (χ1v) is 31.7. The molecule has 0 aliphatic heterocycles. The summed E-state index contributed by atoms with van der Waals surface area (Å²) in [5, 5.41) is 57.9. The number of rotatable bonds is 24. The van der Waals surface area contributed by atoms with Gasteiger partial charge in [-0.2, -0.15) is 0 Å². The highest BCUT2D eigenvalue weighted by Crippen LogP contribution is 2.40. The molecule has 0 saturated carbocycles. The number of nitrogens with one attached hydrogen (secondary N) is 1. The zero-order valence-corrected chi connectivity index (χ0v) is 55.2. The molecule has 0 radical (unpaired) electrons. The van der Waals surface area contributed by atoms with E-state index in [1.54, 1.807) is 0 Å². The molecular weight excluding hydrogens is 1400 g/mol. The predicted octanol–water partition coefficient (Wildman–Crippen LogP) is 22.2. The molecule has 2 heterocycles. The number of para-hydroxylation sites is 6. The summed E-state index contributed by atoms with van der Waals surface area (Å²) in [6.45, 7) is 0. The molecule has 2 aromatic heterocycles. The van der Waals surface area contributed by atoms with Gasteiger partial charge in [0.1, 0.15) is 16.3 Å². The van der Waals surface area contributed by atoms with Gasteiger partial charge in [-0.3, -0.25) is 0 Å². The zero-order chi connectivity index (χ0) is 67.9. The van der Waals surface area contributed by atoms with E-state index in [9.17, 15) is 0 Å². The van der Waals surface area contributed by atoms with Crippen LogP contribution < -0.4 is 20.0 Å². The fourth-order valence-corrected chi connectivity index (χ4v) is 10.2. The molecule has 14 aromatic rings. The Kier molecular flexibility index (Phi) is 27.5. The number of hydrogen-bond donors (Lipinski definition) is 2. The van der Waals surface area contributed by atoms with Crippen molar-refractivity contribution < 1.29 is 63.4 Å². The Hall–Kier alpha value is -11.4. The second kappa shape index (κ2) is 38.5. The van der Waals surface area contributed by atoms with E-state index in [1.165, 1.54) is 0 Å². The van der Waals surface area contributed by atoms with Crippen molar-refractivity contribution in [3.05, 3.63) is 344 Å². The van der Waals surface area contributed by atoms with Crippen molar-refractivity contribution in [3.8, 4) is 45.8 Å². The van der Waals surface area contributed by atoms with Crippen LogP contribution in [-0.4, -0.2) is 25.7 Å². The summed E-state index contributed by atoms with van der Waals surface area (Å²) >= 11 is 5.70. The Labute approximate surface area is 592 Å². The molecule has 23 heteroatoms. The Bertz CT molecular complexity index is 4470. The second-order valence-corrected chi connectivity index (χ2v) is 21.7. The number of hydrogen-bond acceptors (Lipinski definition) is 21. The highest BCUT2D eigenvalue weighted by atomic mass is 79.9. The van der Waals surface area contributed by atoms with E-state index in [4.69, 9.17) is 14.1 Å². The number of halogens is 2. The van der Waals surface area contributed by atoms with Crippen molar-refractivity contribution in [2.75, 3.05) is 20.0 Å². The molecule has 0 saturated heterocycles. The molecule has 0 aliphatic rings. The van der Waals surface area contributed by atoms with Crippen LogP contribution in [0.1, 0.15) is 7.43 Å². The Morgan fingerprint density at radius 3 is 0.810 bits per heavy atom. The minimum Gasteiger partial charge on any atom is -0.416 e. The molecule has 14 rings (SSSR count). The van der Waals surface area contributed by atoms with Crippen molar-refractivity contribution >= 4 is 94.7 Å². The van der Waals surface area contributed by atoms with E-state index in [0.29, 0.717) is 23.6 Å². The van der Waals surface area contributed by atoms with Gasteiger partial charge in [0.2, 0.25) is 23.6 Å². The van der Waals surface area contributed by atoms with Crippen LogP contribution in [0.2, 0.25) is 0 Å². The lowest BCUT2D eigenvalue weighted by Crippen LogP contribution is -2.12. The smallest absolute Gasteiger partial charge is 0.248 e. The molecule has 21 nitrogen and oxygen atoms in total. The summed E-state index contributed by atoms with van der Waals surface area (Å²) in [7, 11) is 0. The quantitative estimate of drug-likeness (QED) is 0.0327. The largest absolute Gasteiger partial charge is 0.416 e. The van der Waals surface area contributed by atoms with Crippen LogP contribution in [0.5, 0.6) is 0 Å². The van der Waals surface area contributed by atoms with Crippen molar-refractivity contribution in [2.45, 2.75) is 7.43 Å². The Morgan fingerprint density at radius 2 is 0.500 bits per heavy atom. The topological polar surface area (TPSA) is 212 Å². The summed E-state index contributed by atoms with van der Waals surface area (Å²) in [4.78, 5) is 6.76. The molecule has 100 heavy (non-hydrogen) atoms. The zero-order valence-electron chi connectivity index (χ0n) is 52.1. The van der Waals surface area contributed by atoms with E-state index < -0.39 is 0 Å². The van der Waals surface area contributed by atoms with E-state index in [1.807, 2.05) is 146 Å². The first-order chi connectivity index (χ1) is 49.0. The summed E-state index contributed by atoms with van der Waals surface area (Å²) < 4.78 is 16.3. The van der Waals surface area contributed by atoms with Crippen LogP contribution in [0, 0.1) is 0 Å². The van der Waals surface area contributed by atoms with Crippen molar-refractivity contribution in [1.29, 1.82) is 0 Å². The molecule has 0 atom stereocenters. The van der Waals surface area contributed by atoms with Gasteiger partial charge in [-0.1, -0.05) is 169 Å². The first-order valence-electron chi connectivity index (χ1n) is 30.2. The van der Waals surface area contributed by atoms with Crippen LogP contribution in [0.25, 0.3) is 45.8 Å². The third kappa shape index (κ3) is 20.6. The van der Waals surface area contributed by atoms with Gasteiger partial charge in [0.25, 0.3) is 0 Å². The maximum Gasteiger partial charge on any atom is 0.248 e. The van der Waals surface area contributed by atoms with E-state index in [0.717, 1.165) is 89.3 Å². The minimum absolute atomic E-state index is 0. The molecule has 12 aromatic carbocycles. The van der Waals surface area contributed by atoms with Gasteiger partial charge in [-0.25, -0.2) is 5.26 Å². The average molecular weight is 1470 g/mol. The van der Waals surface area contributed by atoms with Crippen molar-refractivity contribution in [1.82, 2.24) is 20.4 Å². The first kappa shape index (κ1) is 71.4. The van der Waals surface area contributed by atoms with Crippen molar-refractivity contribution in [3.63, 3.8) is 0 Å². The lowest BCUT2D eigenvalue weighted by atomic mass is 10.1. The SMILES string of the molecule is Brc1ccc(-c2nnc(-c3ccccc3)o2)cc1.C.OOOOOOOOOOOBr.c1ccc(-c2nnc(-c3ccc(N(c4ccccc4)c4ccc(N(c5ccccc5)c5ccccc5)cc4)cc3)o2)cc1.c1ccc(Nc2ccc(N(c3ccccc3)c3ccccc3)cc2)cc1. The monoisotopic (exact) mass is 1460 g/mol. The maximum absolute atomic E-state index is 7.42. The maximum atomic E-state index is 7.42. The average Bonchev–Trinajstić information content (AvgIpc) is 1.02. The van der Waals surface area contributed by atoms with Gasteiger partial charge in [0, 0.05) is 89.3 Å². The third-order valence-electron chi connectivity index (χ3n) is 14.2. The van der Waals surface area contributed by atoms with Crippen LogP contribution >= 0.6 is 32.2 Å². The normalized spacial score (nSPS) is 10.5. The van der Waals surface area contributed by atoms with Crippen molar-refractivity contribution in [2.24, 2.45) is 0 Å². The molecule has 0 bridgehead atoms. The molecule has 502 valence electrons. The Balaban J connectivity index is 0.000000161. The van der Waals surface area contributed by atoms with E-state index >= 15 is 0 Å². The number of anilines is 11. The van der Waals surface area contributed by atoms with E-state index in [-0.39, 0.29) is 7.43 Å². The molecule has 0 spiro atoms. The summed E-state index contributed by atoms with van der Waals surface area (Å²) in [6, 6.07) is 115. The summed E-state index contributed by atoms with van der Waals surface area (Å²) in [5.74, 6) is 2.06. The third-order valence-corrected chi connectivity index (χ3v) is 14.9. The lowest BCUT2D eigenvalue weighted by Gasteiger charge is -2.28. The molecular formula is C77H62Br2N8O13. The molecule has 0 aliphatic carbocycles.